The van der Waals surface area contributed by atoms with E-state index < -0.39 is 5.97 Å². The molecule has 0 saturated carbocycles. The molecule has 1 aromatic carbocycles. The Bertz CT molecular complexity index is 459. The molecule has 0 aliphatic rings. The van der Waals surface area contributed by atoms with E-state index in [2.05, 4.69) is 5.32 Å². The van der Waals surface area contributed by atoms with Gasteiger partial charge in [0, 0.05) is 25.9 Å². The molecule has 0 bridgehead atoms. The lowest BCUT2D eigenvalue weighted by atomic mass is 10.2. The van der Waals surface area contributed by atoms with E-state index in [9.17, 15) is 9.59 Å². The molecule has 116 valence electrons. The fourth-order valence-corrected chi connectivity index (χ4v) is 1.83. The van der Waals surface area contributed by atoms with Crippen molar-refractivity contribution in [2.75, 3.05) is 38.3 Å². The fraction of sp³-hybridized carbons (Fsp3) is 0.467. The monoisotopic (exact) mass is 294 g/mol. The smallest absolute Gasteiger partial charge is 0.323 e. The van der Waals surface area contributed by atoms with Crippen molar-refractivity contribution < 1.29 is 19.4 Å². The minimum Gasteiger partial charge on any atom is -0.480 e. The highest BCUT2D eigenvalue weighted by atomic mass is 16.5. The average Bonchev–Trinajstić information content (AvgIpc) is 2.43. The SMILES string of the molecule is COCCCNC(=O)CN(CC(=O)O)c1ccc(C)cc1. The largest absolute Gasteiger partial charge is 0.480 e. The number of ether oxygens (including phenoxy) is 1. The summed E-state index contributed by atoms with van der Waals surface area (Å²) in [4.78, 5) is 24.3. The molecule has 0 saturated heterocycles. The summed E-state index contributed by atoms with van der Waals surface area (Å²) >= 11 is 0. The van der Waals surface area contributed by atoms with E-state index in [1.165, 1.54) is 4.90 Å². The third-order valence-electron chi connectivity index (χ3n) is 2.91. The number of amides is 1. The lowest BCUT2D eigenvalue weighted by Gasteiger charge is -2.22. The van der Waals surface area contributed by atoms with E-state index in [4.69, 9.17) is 9.84 Å². The maximum Gasteiger partial charge on any atom is 0.323 e. The number of benzene rings is 1. The van der Waals surface area contributed by atoms with Gasteiger partial charge in [0.1, 0.15) is 6.54 Å². The molecule has 0 aromatic heterocycles. The molecule has 0 heterocycles. The van der Waals surface area contributed by atoms with E-state index in [-0.39, 0.29) is 19.0 Å². The first-order valence-corrected chi connectivity index (χ1v) is 6.82. The predicted octanol–water partition coefficient (Wildman–Crippen LogP) is 1.04. The van der Waals surface area contributed by atoms with E-state index in [1.54, 1.807) is 7.11 Å². The highest BCUT2D eigenvalue weighted by molar-refractivity contribution is 5.84. The summed E-state index contributed by atoms with van der Waals surface area (Å²) in [6.07, 6.45) is 0.728. The highest BCUT2D eigenvalue weighted by Gasteiger charge is 2.14. The number of nitrogens with zero attached hydrogens (tertiary/aromatic N) is 1. The van der Waals surface area contributed by atoms with Gasteiger partial charge in [0.25, 0.3) is 0 Å². The zero-order chi connectivity index (χ0) is 15.7. The fourth-order valence-electron chi connectivity index (χ4n) is 1.83. The van der Waals surface area contributed by atoms with Crippen molar-refractivity contribution in [2.45, 2.75) is 13.3 Å². The summed E-state index contributed by atoms with van der Waals surface area (Å²) in [7, 11) is 1.60. The Morgan fingerprint density at radius 2 is 1.90 bits per heavy atom. The van der Waals surface area contributed by atoms with Crippen LogP contribution in [-0.2, 0) is 14.3 Å². The van der Waals surface area contributed by atoms with Gasteiger partial charge in [-0.2, -0.15) is 0 Å². The molecule has 6 nitrogen and oxygen atoms in total. The van der Waals surface area contributed by atoms with Crippen molar-refractivity contribution in [3.05, 3.63) is 29.8 Å². The van der Waals surface area contributed by atoms with Gasteiger partial charge in [-0.3, -0.25) is 9.59 Å². The lowest BCUT2D eigenvalue weighted by Crippen LogP contribution is -2.40. The summed E-state index contributed by atoms with van der Waals surface area (Å²) in [6, 6.07) is 7.41. The molecule has 0 spiro atoms. The van der Waals surface area contributed by atoms with Crippen molar-refractivity contribution in [1.82, 2.24) is 5.32 Å². The van der Waals surface area contributed by atoms with Crippen LogP contribution in [-0.4, -0.2) is 50.3 Å². The third kappa shape index (κ3) is 6.76. The van der Waals surface area contributed by atoms with Crippen LogP contribution in [0.5, 0.6) is 0 Å². The van der Waals surface area contributed by atoms with Crippen LogP contribution >= 0.6 is 0 Å². The molecule has 0 unspecified atom stereocenters. The van der Waals surface area contributed by atoms with Crippen molar-refractivity contribution in [2.24, 2.45) is 0 Å². The number of carbonyl (C=O) groups is 2. The van der Waals surface area contributed by atoms with E-state index in [0.29, 0.717) is 13.2 Å². The van der Waals surface area contributed by atoms with Crippen molar-refractivity contribution in [3.63, 3.8) is 0 Å². The number of anilines is 1. The molecule has 0 atom stereocenters. The van der Waals surface area contributed by atoms with Gasteiger partial charge in [-0.15, -0.1) is 0 Å². The van der Waals surface area contributed by atoms with Crippen LogP contribution in [0.4, 0.5) is 5.69 Å². The van der Waals surface area contributed by atoms with Crippen LogP contribution in [0.3, 0.4) is 0 Å². The van der Waals surface area contributed by atoms with Crippen LogP contribution in [0.15, 0.2) is 24.3 Å². The standard InChI is InChI=1S/C15H22N2O4/c1-12-4-6-13(7-5-12)17(11-15(19)20)10-14(18)16-8-3-9-21-2/h4-7H,3,8-11H2,1-2H3,(H,16,18)(H,19,20). The average molecular weight is 294 g/mol. The number of rotatable bonds is 9. The van der Waals surface area contributed by atoms with Crippen LogP contribution < -0.4 is 10.2 Å². The van der Waals surface area contributed by atoms with Gasteiger partial charge in [0.05, 0.1) is 6.54 Å². The van der Waals surface area contributed by atoms with E-state index >= 15 is 0 Å². The highest BCUT2D eigenvalue weighted by Crippen LogP contribution is 2.14. The Labute approximate surface area is 124 Å². The first kappa shape index (κ1) is 17.0. The maximum absolute atomic E-state index is 11.9. The van der Waals surface area contributed by atoms with Crippen molar-refractivity contribution in [1.29, 1.82) is 0 Å². The van der Waals surface area contributed by atoms with Crippen LogP contribution in [0.25, 0.3) is 0 Å². The second kappa shape index (κ2) is 8.97. The molecule has 1 amide bonds. The molecule has 1 rings (SSSR count). The molecule has 1 aromatic rings. The zero-order valence-electron chi connectivity index (χ0n) is 12.5. The normalized spacial score (nSPS) is 10.2. The first-order valence-electron chi connectivity index (χ1n) is 6.82. The summed E-state index contributed by atoms with van der Waals surface area (Å²) in [5.74, 6) is -1.17. The van der Waals surface area contributed by atoms with E-state index in [1.807, 2.05) is 31.2 Å². The van der Waals surface area contributed by atoms with Crippen LogP contribution in [0.1, 0.15) is 12.0 Å². The molecule has 0 aliphatic heterocycles. The van der Waals surface area contributed by atoms with Crippen molar-refractivity contribution in [3.8, 4) is 0 Å². The zero-order valence-corrected chi connectivity index (χ0v) is 12.5. The Kier molecular flexibility index (Phi) is 7.25. The minimum absolute atomic E-state index is 0.0162. The molecule has 0 radical (unpaired) electrons. The Morgan fingerprint density at radius 1 is 1.24 bits per heavy atom. The van der Waals surface area contributed by atoms with Crippen LogP contribution in [0.2, 0.25) is 0 Å². The quantitative estimate of drug-likeness (QED) is 0.665. The first-order chi connectivity index (χ1) is 10.0. The number of aliphatic carboxylic acids is 1. The molecule has 0 aliphatic carbocycles. The Morgan fingerprint density at radius 3 is 2.48 bits per heavy atom. The van der Waals surface area contributed by atoms with E-state index in [0.717, 1.165) is 17.7 Å². The van der Waals surface area contributed by atoms with Gasteiger partial charge in [0.15, 0.2) is 0 Å². The van der Waals surface area contributed by atoms with Gasteiger partial charge in [-0.1, -0.05) is 17.7 Å². The molecular formula is C15H22N2O4. The summed E-state index contributed by atoms with van der Waals surface area (Å²) in [6.45, 7) is 2.85. The number of carboxylic acids is 1. The lowest BCUT2D eigenvalue weighted by molar-refractivity contribution is -0.135. The second-order valence-electron chi connectivity index (χ2n) is 4.78. The second-order valence-corrected chi connectivity index (χ2v) is 4.78. The van der Waals surface area contributed by atoms with Gasteiger partial charge < -0.3 is 20.1 Å². The topological polar surface area (TPSA) is 78.9 Å². The van der Waals surface area contributed by atoms with Gasteiger partial charge >= 0.3 is 5.97 Å². The minimum atomic E-state index is -0.970. The molecule has 2 N–H and O–H groups in total. The van der Waals surface area contributed by atoms with Crippen LogP contribution in [0, 0.1) is 6.92 Å². The Hall–Kier alpha value is -2.08. The summed E-state index contributed by atoms with van der Waals surface area (Å²) in [5.41, 5.74) is 1.80. The third-order valence-corrected chi connectivity index (χ3v) is 2.91. The summed E-state index contributed by atoms with van der Waals surface area (Å²) in [5, 5.41) is 11.7. The number of hydrogen-bond acceptors (Lipinski definition) is 4. The maximum atomic E-state index is 11.9. The number of carboxylic acid groups (broad SMARTS) is 1. The van der Waals surface area contributed by atoms with Crippen molar-refractivity contribution >= 4 is 17.6 Å². The van der Waals surface area contributed by atoms with Gasteiger partial charge in [-0.25, -0.2) is 0 Å². The van der Waals surface area contributed by atoms with Gasteiger partial charge in [-0.05, 0) is 25.5 Å². The number of hydrogen-bond donors (Lipinski definition) is 2. The predicted molar refractivity (Wildman–Crippen MR) is 80.5 cm³/mol. The number of aryl methyl sites for hydroxylation is 1. The van der Waals surface area contributed by atoms with Gasteiger partial charge in [0.2, 0.25) is 5.91 Å². The number of nitrogens with one attached hydrogen (secondary N) is 1. The number of carbonyl (C=O) groups excluding carboxylic acids is 1. The summed E-state index contributed by atoms with van der Waals surface area (Å²) < 4.78 is 4.90. The number of methoxy groups -OCH3 is 1. The molecule has 0 fully saturated rings. The molecular weight excluding hydrogens is 272 g/mol. The molecule has 6 heteroatoms. The molecule has 21 heavy (non-hydrogen) atoms. The Balaban J connectivity index is 2.59.